The molecule has 0 spiro atoms. The predicted octanol–water partition coefficient (Wildman–Crippen LogP) is 7.33. The number of hydrogen-bond acceptors (Lipinski definition) is 3. The fraction of sp³-hybridized carbons (Fsp3) is 0.786. The number of carbonyl (C=O) groups is 1. The van der Waals surface area contributed by atoms with Gasteiger partial charge in [0.15, 0.2) is 6.54 Å². The fourth-order valence-electron chi connectivity index (χ4n) is 4.76. The molecule has 0 amide bonds. The molecule has 0 aromatic carbocycles. The number of aliphatic carboxylic acids is 1. The minimum absolute atomic E-state index is 0.0451. The zero-order valence-corrected chi connectivity index (χ0v) is 21.5. The van der Waals surface area contributed by atoms with Crippen LogP contribution in [-0.2, 0) is 4.79 Å². The number of allylic oxidation sites excluding steroid dienone is 2. The summed E-state index contributed by atoms with van der Waals surface area (Å²) in [5.41, 5.74) is 5.73. The van der Waals surface area contributed by atoms with Crippen molar-refractivity contribution in [3.63, 3.8) is 0 Å². The van der Waals surface area contributed by atoms with Gasteiger partial charge in [0, 0.05) is 13.0 Å². The highest BCUT2D eigenvalue weighted by Crippen LogP contribution is 2.21. The van der Waals surface area contributed by atoms with E-state index < -0.39 is 5.97 Å². The Labute approximate surface area is 203 Å². The number of nitrogens with zero attached hydrogens (tertiary/aromatic N) is 2. The molecular weight excluding hydrogens is 410 g/mol. The molecule has 190 valence electrons. The van der Waals surface area contributed by atoms with Crippen molar-refractivity contribution in [3.8, 4) is 0 Å². The Balaban J connectivity index is 1.90. The number of hydrogen-bond donors (Lipinski definition) is 2. The van der Waals surface area contributed by atoms with Crippen molar-refractivity contribution >= 4 is 11.8 Å². The van der Waals surface area contributed by atoms with E-state index in [1.807, 2.05) is 6.20 Å². The van der Waals surface area contributed by atoms with Crippen molar-refractivity contribution in [2.24, 2.45) is 10.7 Å². The average molecular weight is 463 g/mol. The van der Waals surface area contributed by atoms with E-state index in [2.05, 4.69) is 24.1 Å². The first kappa shape index (κ1) is 29.6. The Morgan fingerprint density at radius 1 is 0.879 bits per heavy atom. The number of nitrogens with two attached hydrogens (primary N) is 1. The lowest BCUT2D eigenvalue weighted by Crippen LogP contribution is -2.52. The molecule has 0 aromatic heterocycles. The van der Waals surface area contributed by atoms with E-state index in [9.17, 15) is 9.90 Å². The number of carboxylic acid groups (broad SMARTS) is 1. The summed E-state index contributed by atoms with van der Waals surface area (Å²) in [5, 5.41) is 9.27. The van der Waals surface area contributed by atoms with Crippen molar-refractivity contribution in [1.82, 2.24) is 0 Å². The third-order valence-electron chi connectivity index (χ3n) is 6.71. The Bertz CT molecular complexity index is 586. The molecule has 1 heterocycles. The van der Waals surface area contributed by atoms with Crippen LogP contribution in [0.5, 0.6) is 0 Å². The lowest BCUT2D eigenvalue weighted by molar-refractivity contribution is -0.778. The summed E-state index contributed by atoms with van der Waals surface area (Å²) < 4.78 is 0.308. The van der Waals surface area contributed by atoms with Crippen molar-refractivity contribution in [2.45, 2.75) is 122 Å². The molecule has 1 aliphatic rings. The molecule has 0 bridgehead atoms. The summed E-state index contributed by atoms with van der Waals surface area (Å²) in [7, 11) is 0. The zero-order valence-electron chi connectivity index (χ0n) is 21.5. The molecular formula is C28H52N3O2+. The average Bonchev–Trinajstić information content (AvgIpc) is 3.16. The van der Waals surface area contributed by atoms with E-state index >= 15 is 0 Å². The Morgan fingerprint density at radius 2 is 1.39 bits per heavy atom. The minimum Gasteiger partial charge on any atom is -0.477 e. The van der Waals surface area contributed by atoms with E-state index in [-0.39, 0.29) is 6.54 Å². The van der Waals surface area contributed by atoms with Gasteiger partial charge in [-0.3, -0.25) is 0 Å². The monoisotopic (exact) mass is 462 g/mol. The van der Waals surface area contributed by atoms with Crippen molar-refractivity contribution in [3.05, 3.63) is 24.6 Å². The summed E-state index contributed by atoms with van der Waals surface area (Å²) in [6, 6.07) is 0. The van der Waals surface area contributed by atoms with Crippen molar-refractivity contribution in [1.29, 1.82) is 0 Å². The van der Waals surface area contributed by atoms with Gasteiger partial charge in [-0.15, -0.1) is 0 Å². The van der Waals surface area contributed by atoms with Crippen LogP contribution in [0.2, 0.25) is 0 Å². The number of carboxylic acids is 1. The van der Waals surface area contributed by atoms with Crippen LogP contribution < -0.4 is 5.73 Å². The van der Waals surface area contributed by atoms with E-state index in [1.54, 1.807) is 6.20 Å². The number of aliphatic imine (C=N–C) groups is 1. The summed E-state index contributed by atoms with van der Waals surface area (Å²) in [6.07, 6.45) is 31.8. The van der Waals surface area contributed by atoms with Gasteiger partial charge in [0.25, 0.3) is 0 Å². The molecule has 33 heavy (non-hydrogen) atoms. The molecule has 1 aliphatic heterocycles. The van der Waals surface area contributed by atoms with Crippen LogP contribution in [0.4, 0.5) is 0 Å². The van der Waals surface area contributed by atoms with E-state index in [4.69, 9.17) is 5.73 Å². The number of unbranched alkanes of at least 4 members (excludes halogenated alkanes) is 15. The topological polar surface area (TPSA) is 75.7 Å². The Morgan fingerprint density at radius 3 is 1.88 bits per heavy atom. The van der Waals surface area contributed by atoms with Crippen molar-refractivity contribution in [2.75, 3.05) is 19.6 Å². The van der Waals surface area contributed by atoms with Gasteiger partial charge < -0.3 is 10.8 Å². The molecule has 1 unspecified atom stereocenters. The van der Waals surface area contributed by atoms with Crippen LogP contribution in [0, 0.1) is 0 Å². The van der Waals surface area contributed by atoms with Gasteiger partial charge in [-0.25, -0.2) is 14.3 Å². The molecule has 5 nitrogen and oxygen atoms in total. The standard InChI is InChI=1S/C28H51N3O2/c1-2-3-4-5-6-7-8-9-10-11-12-13-14-15-16-17-18-19-20-21-27-30-23-25-31(27,24-22-29)26-28(32)33/h3-4,23,25H,2,5-22,24,26,29H2,1H3/p+1/b4-3+. The highest BCUT2D eigenvalue weighted by molar-refractivity contribution is 5.81. The SMILES string of the molecule is CC/C=C/CCCCCCCCCCCCCCCCCC1=NC=C[N+]1(CCN)CC(=O)O. The maximum Gasteiger partial charge on any atom is 0.360 e. The molecule has 0 saturated heterocycles. The van der Waals surface area contributed by atoms with Crippen LogP contribution >= 0.6 is 0 Å². The molecule has 1 rings (SSSR count). The van der Waals surface area contributed by atoms with Crippen molar-refractivity contribution < 1.29 is 14.4 Å². The molecule has 0 saturated carbocycles. The summed E-state index contributed by atoms with van der Waals surface area (Å²) >= 11 is 0. The molecule has 0 fully saturated rings. The summed E-state index contributed by atoms with van der Waals surface area (Å²) in [4.78, 5) is 15.7. The molecule has 0 aliphatic carbocycles. The molecule has 0 aromatic rings. The van der Waals surface area contributed by atoms with Gasteiger partial charge in [-0.2, -0.15) is 0 Å². The zero-order chi connectivity index (χ0) is 24.0. The van der Waals surface area contributed by atoms with Gasteiger partial charge in [0.05, 0.1) is 6.20 Å². The number of amidine groups is 1. The first-order chi connectivity index (χ1) is 16.1. The maximum absolute atomic E-state index is 11.3. The fourth-order valence-corrected chi connectivity index (χ4v) is 4.76. The third-order valence-corrected chi connectivity index (χ3v) is 6.71. The van der Waals surface area contributed by atoms with Gasteiger partial charge in [-0.1, -0.05) is 103 Å². The van der Waals surface area contributed by atoms with Crippen LogP contribution in [0.25, 0.3) is 0 Å². The Kier molecular flexibility index (Phi) is 17.9. The minimum atomic E-state index is -0.797. The molecule has 3 N–H and O–H groups in total. The summed E-state index contributed by atoms with van der Waals surface area (Å²) in [5.74, 6) is 0.167. The second-order valence-corrected chi connectivity index (χ2v) is 9.66. The highest BCUT2D eigenvalue weighted by atomic mass is 16.4. The van der Waals surface area contributed by atoms with E-state index in [0.29, 0.717) is 17.6 Å². The lowest BCUT2D eigenvalue weighted by Gasteiger charge is -2.30. The predicted molar refractivity (Wildman–Crippen MR) is 141 cm³/mol. The van der Waals surface area contributed by atoms with Crippen LogP contribution in [0.1, 0.15) is 122 Å². The molecule has 0 radical (unpaired) electrons. The first-order valence-corrected chi connectivity index (χ1v) is 13.8. The molecule has 1 atom stereocenters. The Hall–Kier alpha value is -1.46. The second kappa shape index (κ2) is 20.0. The summed E-state index contributed by atoms with van der Waals surface area (Å²) in [6.45, 7) is 3.32. The quantitative estimate of drug-likeness (QED) is 0.0948. The second-order valence-electron chi connectivity index (χ2n) is 9.66. The van der Waals surface area contributed by atoms with Gasteiger partial charge >= 0.3 is 5.97 Å². The maximum atomic E-state index is 11.3. The van der Waals surface area contributed by atoms with E-state index in [0.717, 1.165) is 18.7 Å². The van der Waals surface area contributed by atoms with Crippen LogP contribution in [0.15, 0.2) is 29.5 Å². The van der Waals surface area contributed by atoms with Gasteiger partial charge in [0.2, 0.25) is 5.84 Å². The molecule has 5 heteroatoms. The van der Waals surface area contributed by atoms with Gasteiger partial charge in [-0.05, 0) is 25.7 Å². The number of rotatable bonds is 23. The highest BCUT2D eigenvalue weighted by Gasteiger charge is 2.36. The van der Waals surface area contributed by atoms with Gasteiger partial charge in [0.1, 0.15) is 12.7 Å². The first-order valence-electron chi connectivity index (χ1n) is 13.8. The normalized spacial score (nSPS) is 17.8. The number of quaternary nitrogens is 1. The smallest absolute Gasteiger partial charge is 0.360 e. The largest absolute Gasteiger partial charge is 0.477 e. The third kappa shape index (κ3) is 14.4. The van der Waals surface area contributed by atoms with E-state index in [1.165, 1.54) is 103 Å². The van der Waals surface area contributed by atoms with Crippen LogP contribution in [-0.4, -0.2) is 41.0 Å². The van der Waals surface area contributed by atoms with Crippen LogP contribution in [0.3, 0.4) is 0 Å². The lowest BCUT2D eigenvalue weighted by atomic mass is 10.0.